The van der Waals surface area contributed by atoms with Gasteiger partial charge in [0, 0.05) is 22.5 Å². The molecule has 1 aliphatic heterocycles. The fraction of sp³-hybridized carbons (Fsp3) is 0.292. The third kappa shape index (κ3) is 3.38. The van der Waals surface area contributed by atoms with E-state index in [0.29, 0.717) is 36.8 Å². The molecule has 0 bridgehead atoms. The summed E-state index contributed by atoms with van der Waals surface area (Å²) in [5.41, 5.74) is 11.1. The molecule has 4 rings (SSSR count). The second-order valence-corrected chi connectivity index (χ2v) is 7.26. The van der Waals surface area contributed by atoms with Crippen LogP contribution in [0, 0.1) is 6.92 Å². The Hall–Kier alpha value is -3.41. The molecule has 1 aliphatic rings. The van der Waals surface area contributed by atoms with E-state index in [1.807, 2.05) is 49.4 Å². The highest BCUT2D eigenvalue weighted by Crippen LogP contribution is 2.39. The number of amides is 1. The van der Waals surface area contributed by atoms with E-state index in [-0.39, 0.29) is 0 Å². The van der Waals surface area contributed by atoms with Gasteiger partial charge in [-0.05, 0) is 37.1 Å². The minimum Gasteiger partial charge on any atom is -0.496 e. The maximum Gasteiger partial charge on any atom is 0.251 e. The summed E-state index contributed by atoms with van der Waals surface area (Å²) < 4.78 is 19.1. The summed E-state index contributed by atoms with van der Waals surface area (Å²) in [5, 5.41) is 0. The van der Waals surface area contributed by atoms with Crippen LogP contribution in [0.15, 0.2) is 42.5 Å². The molecular weight excluding hydrogens is 380 g/mol. The van der Waals surface area contributed by atoms with E-state index in [1.54, 1.807) is 7.11 Å². The summed E-state index contributed by atoms with van der Waals surface area (Å²) in [6.45, 7) is 5.65. The number of hydrogen-bond acceptors (Lipinski definition) is 4. The van der Waals surface area contributed by atoms with Crippen molar-refractivity contribution >= 4 is 5.91 Å². The number of methoxy groups -OCH3 is 1. The zero-order valence-corrected chi connectivity index (χ0v) is 17.5. The van der Waals surface area contributed by atoms with E-state index < -0.39 is 5.91 Å². The zero-order chi connectivity index (χ0) is 21.3. The van der Waals surface area contributed by atoms with Gasteiger partial charge in [0.1, 0.15) is 19.0 Å². The molecule has 156 valence electrons. The molecule has 1 aromatic heterocycles. The molecule has 0 fully saturated rings. The monoisotopic (exact) mass is 406 g/mol. The van der Waals surface area contributed by atoms with Crippen LogP contribution >= 0.6 is 0 Å². The molecule has 0 radical (unpaired) electrons. The quantitative estimate of drug-likeness (QED) is 0.672. The van der Waals surface area contributed by atoms with Crippen molar-refractivity contribution in [1.82, 2.24) is 4.57 Å². The second kappa shape index (κ2) is 8.14. The standard InChI is InChI=1S/C24H26N2O4/c1-4-18-23(16-9-10-20-21(13-16)30-12-11-29-20)22(24(25)27)15(2)26(18)14-17-7-5-6-8-19(17)28-3/h5-10,13H,4,11-12,14H2,1-3H3,(H2,25,27). The van der Waals surface area contributed by atoms with Gasteiger partial charge < -0.3 is 24.5 Å². The molecular formula is C24H26N2O4. The molecule has 30 heavy (non-hydrogen) atoms. The first-order valence-corrected chi connectivity index (χ1v) is 10.1. The van der Waals surface area contributed by atoms with E-state index in [0.717, 1.165) is 40.2 Å². The Morgan fingerprint density at radius 1 is 1.13 bits per heavy atom. The molecule has 6 nitrogen and oxygen atoms in total. The van der Waals surface area contributed by atoms with Gasteiger partial charge in [-0.25, -0.2) is 0 Å². The predicted molar refractivity (Wildman–Crippen MR) is 116 cm³/mol. The number of nitrogens with zero attached hydrogens (tertiary/aromatic N) is 1. The van der Waals surface area contributed by atoms with Gasteiger partial charge in [-0.1, -0.05) is 31.2 Å². The maximum absolute atomic E-state index is 12.5. The van der Waals surface area contributed by atoms with Gasteiger partial charge in [-0.3, -0.25) is 4.79 Å². The Bertz CT molecular complexity index is 1100. The topological polar surface area (TPSA) is 75.7 Å². The number of benzene rings is 2. The first-order valence-electron chi connectivity index (χ1n) is 10.1. The van der Waals surface area contributed by atoms with Gasteiger partial charge in [0.2, 0.25) is 0 Å². The Morgan fingerprint density at radius 3 is 2.57 bits per heavy atom. The minimum absolute atomic E-state index is 0.439. The summed E-state index contributed by atoms with van der Waals surface area (Å²) >= 11 is 0. The molecule has 3 aromatic rings. The molecule has 2 N–H and O–H groups in total. The van der Waals surface area contributed by atoms with Crippen LogP contribution in [-0.2, 0) is 13.0 Å². The third-order valence-corrected chi connectivity index (χ3v) is 5.56. The van der Waals surface area contributed by atoms with Gasteiger partial charge in [0.05, 0.1) is 19.2 Å². The van der Waals surface area contributed by atoms with Crippen molar-refractivity contribution in [2.24, 2.45) is 5.73 Å². The lowest BCUT2D eigenvalue weighted by molar-refractivity contribution is 0.1000. The van der Waals surface area contributed by atoms with Crippen LogP contribution in [0.25, 0.3) is 11.1 Å². The van der Waals surface area contributed by atoms with Crippen molar-refractivity contribution < 1.29 is 19.0 Å². The molecule has 0 atom stereocenters. The highest BCUT2D eigenvalue weighted by atomic mass is 16.6. The third-order valence-electron chi connectivity index (χ3n) is 5.56. The van der Waals surface area contributed by atoms with Crippen LogP contribution in [0.3, 0.4) is 0 Å². The molecule has 0 spiro atoms. The highest BCUT2D eigenvalue weighted by molar-refractivity contribution is 6.02. The lowest BCUT2D eigenvalue weighted by Crippen LogP contribution is -2.15. The molecule has 0 aliphatic carbocycles. The molecule has 0 unspecified atom stereocenters. The summed E-state index contributed by atoms with van der Waals surface area (Å²) in [5.74, 6) is 1.78. The van der Waals surface area contributed by atoms with Crippen molar-refractivity contribution in [1.29, 1.82) is 0 Å². The van der Waals surface area contributed by atoms with Gasteiger partial charge in [0.25, 0.3) is 5.91 Å². The fourth-order valence-electron chi connectivity index (χ4n) is 4.19. The first kappa shape index (κ1) is 19.9. The zero-order valence-electron chi connectivity index (χ0n) is 17.5. The molecule has 6 heteroatoms. The smallest absolute Gasteiger partial charge is 0.251 e. The number of aromatic nitrogens is 1. The van der Waals surface area contributed by atoms with Gasteiger partial charge >= 0.3 is 0 Å². The normalized spacial score (nSPS) is 12.6. The summed E-state index contributed by atoms with van der Waals surface area (Å²) in [6, 6.07) is 13.7. The average molecular weight is 406 g/mol. The minimum atomic E-state index is -0.439. The lowest BCUT2D eigenvalue weighted by Gasteiger charge is -2.19. The highest BCUT2D eigenvalue weighted by Gasteiger charge is 2.25. The van der Waals surface area contributed by atoms with Crippen molar-refractivity contribution in [3.05, 3.63) is 65.0 Å². The summed E-state index contributed by atoms with van der Waals surface area (Å²) in [7, 11) is 1.66. The summed E-state index contributed by atoms with van der Waals surface area (Å²) in [4.78, 5) is 12.5. The van der Waals surface area contributed by atoms with Crippen LogP contribution < -0.4 is 19.9 Å². The molecule has 1 amide bonds. The first-order chi connectivity index (χ1) is 14.5. The van der Waals surface area contributed by atoms with Crippen molar-refractivity contribution in [2.75, 3.05) is 20.3 Å². The van der Waals surface area contributed by atoms with Crippen LogP contribution in [0.1, 0.15) is 34.2 Å². The summed E-state index contributed by atoms with van der Waals surface area (Å²) in [6.07, 6.45) is 0.743. The SMILES string of the molecule is CCc1c(-c2ccc3c(c2)OCCO3)c(C(N)=O)c(C)n1Cc1ccccc1OC. The van der Waals surface area contributed by atoms with Gasteiger partial charge in [-0.15, -0.1) is 0 Å². The van der Waals surface area contributed by atoms with Gasteiger partial charge in [0.15, 0.2) is 11.5 Å². The predicted octanol–water partition coefficient (Wildman–Crippen LogP) is 3.95. The average Bonchev–Trinajstić information content (AvgIpc) is 3.05. The lowest BCUT2D eigenvalue weighted by atomic mass is 9.98. The van der Waals surface area contributed by atoms with E-state index in [1.165, 1.54) is 0 Å². The molecule has 2 heterocycles. The van der Waals surface area contributed by atoms with Gasteiger partial charge in [-0.2, -0.15) is 0 Å². The second-order valence-electron chi connectivity index (χ2n) is 7.26. The van der Waals surface area contributed by atoms with Crippen molar-refractivity contribution in [2.45, 2.75) is 26.8 Å². The van der Waals surface area contributed by atoms with E-state index in [4.69, 9.17) is 19.9 Å². The van der Waals surface area contributed by atoms with Crippen LogP contribution in [-0.4, -0.2) is 30.8 Å². The Labute approximate surface area is 176 Å². The number of para-hydroxylation sites is 1. The number of carbonyl (C=O) groups is 1. The van der Waals surface area contributed by atoms with Crippen molar-refractivity contribution in [3.8, 4) is 28.4 Å². The van der Waals surface area contributed by atoms with Crippen LogP contribution in [0.4, 0.5) is 0 Å². The van der Waals surface area contributed by atoms with E-state index in [9.17, 15) is 4.79 Å². The Kier molecular flexibility index (Phi) is 5.40. The molecule has 0 saturated carbocycles. The Balaban J connectivity index is 1.89. The maximum atomic E-state index is 12.5. The largest absolute Gasteiger partial charge is 0.496 e. The molecule has 2 aromatic carbocycles. The number of primary amides is 1. The number of ether oxygens (including phenoxy) is 3. The number of fused-ring (bicyclic) bond motifs is 1. The Morgan fingerprint density at radius 2 is 1.87 bits per heavy atom. The van der Waals surface area contributed by atoms with Crippen LogP contribution in [0.5, 0.6) is 17.2 Å². The fourth-order valence-corrected chi connectivity index (χ4v) is 4.19. The number of nitrogens with two attached hydrogens (primary N) is 1. The number of hydrogen-bond donors (Lipinski definition) is 1. The number of carbonyl (C=O) groups excluding carboxylic acids is 1. The van der Waals surface area contributed by atoms with Crippen LogP contribution in [0.2, 0.25) is 0 Å². The van der Waals surface area contributed by atoms with Crippen molar-refractivity contribution in [3.63, 3.8) is 0 Å². The number of rotatable bonds is 6. The molecule has 0 saturated heterocycles. The van der Waals surface area contributed by atoms with E-state index >= 15 is 0 Å². The van der Waals surface area contributed by atoms with E-state index in [2.05, 4.69) is 11.5 Å².